The standard InChI is InChI=1S/C47H30N4/c1-2-11-36(12-3-1)51-43-18-7-5-14-38(43)46-44(51)28-27-39-45(46)37-13-4-6-15-42(37)50-47(39)34-25-21-32(22-26-34)31-19-23-33(24-20-31)40-16-8-17-41(49-40)35-10-9-29-48-30-35/h1-30H. The maximum atomic E-state index is 5.28. The summed E-state index contributed by atoms with van der Waals surface area (Å²) in [4.78, 5) is 14.4. The van der Waals surface area contributed by atoms with Crippen molar-refractivity contribution in [3.8, 4) is 50.6 Å². The van der Waals surface area contributed by atoms with Crippen molar-refractivity contribution in [2.75, 3.05) is 0 Å². The van der Waals surface area contributed by atoms with Crippen molar-refractivity contribution >= 4 is 43.5 Å². The van der Waals surface area contributed by atoms with Crippen LogP contribution in [0, 0.1) is 0 Å². The fourth-order valence-electron chi connectivity index (χ4n) is 7.50. The molecule has 6 aromatic carbocycles. The van der Waals surface area contributed by atoms with Crippen molar-refractivity contribution in [2.24, 2.45) is 0 Å². The number of benzene rings is 6. The first kappa shape index (κ1) is 29.0. The molecule has 238 valence electrons. The van der Waals surface area contributed by atoms with E-state index in [-0.39, 0.29) is 0 Å². The van der Waals surface area contributed by atoms with E-state index >= 15 is 0 Å². The first-order chi connectivity index (χ1) is 25.3. The molecule has 4 nitrogen and oxygen atoms in total. The molecule has 0 aliphatic carbocycles. The Morgan fingerprint density at radius 2 is 1.04 bits per heavy atom. The van der Waals surface area contributed by atoms with Crippen LogP contribution in [0.1, 0.15) is 0 Å². The second-order valence-electron chi connectivity index (χ2n) is 12.9. The summed E-state index contributed by atoms with van der Waals surface area (Å²) in [6, 6.07) is 60.0. The van der Waals surface area contributed by atoms with Crippen LogP contribution in [0.2, 0.25) is 0 Å². The van der Waals surface area contributed by atoms with Crippen molar-refractivity contribution in [3.05, 3.63) is 182 Å². The molecular formula is C47H30N4. The molecule has 0 fully saturated rings. The fraction of sp³-hybridized carbons (Fsp3) is 0. The number of hydrogen-bond donors (Lipinski definition) is 0. The van der Waals surface area contributed by atoms with Crippen LogP contribution >= 0.6 is 0 Å². The fourth-order valence-corrected chi connectivity index (χ4v) is 7.50. The minimum Gasteiger partial charge on any atom is -0.309 e. The van der Waals surface area contributed by atoms with E-state index in [1.807, 2.05) is 30.5 Å². The second-order valence-corrected chi connectivity index (χ2v) is 12.9. The molecule has 0 radical (unpaired) electrons. The van der Waals surface area contributed by atoms with E-state index in [2.05, 4.69) is 155 Å². The highest BCUT2D eigenvalue weighted by molar-refractivity contribution is 6.29. The highest BCUT2D eigenvalue weighted by Crippen LogP contribution is 2.42. The van der Waals surface area contributed by atoms with E-state index in [0.717, 1.165) is 66.9 Å². The maximum Gasteiger partial charge on any atom is 0.0788 e. The quantitative estimate of drug-likeness (QED) is 0.174. The molecule has 0 N–H and O–H groups in total. The predicted octanol–water partition coefficient (Wildman–Crippen LogP) is 11.9. The molecule has 10 rings (SSSR count). The first-order valence-corrected chi connectivity index (χ1v) is 17.2. The third-order valence-corrected chi connectivity index (χ3v) is 9.89. The molecule has 0 aliphatic heterocycles. The number of pyridine rings is 3. The summed E-state index contributed by atoms with van der Waals surface area (Å²) in [7, 11) is 0. The van der Waals surface area contributed by atoms with Gasteiger partial charge in [-0.25, -0.2) is 9.97 Å². The van der Waals surface area contributed by atoms with Crippen molar-refractivity contribution < 1.29 is 0 Å². The monoisotopic (exact) mass is 650 g/mol. The molecule has 0 spiro atoms. The van der Waals surface area contributed by atoms with Gasteiger partial charge < -0.3 is 4.57 Å². The molecule has 4 heterocycles. The smallest absolute Gasteiger partial charge is 0.0788 e. The van der Waals surface area contributed by atoms with Crippen LogP contribution in [0.5, 0.6) is 0 Å². The van der Waals surface area contributed by atoms with Gasteiger partial charge in [-0.15, -0.1) is 0 Å². The SMILES string of the molecule is c1ccc(-n2c3ccccc3c3c4c(ccc32)c(-c2ccc(-c3ccc(-c5cccc(-c6cccnc6)n5)cc3)cc2)nc2ccccc24)cc1. The molecule has 0 aliphatic rings. The van der Waals surface area contributed by atoms with E-state index in [1.54, 1.807) is 6.20 Å². The van der Waals surface area contributed by atoms with Crippen molar-refractivity contribution in [3.63, 3.8) is 0 Å². The Balaban J connectivity index is 1.07. The summed E-state index contributed by atoms with van der Waals surface area (Å²) < 4.78 is 2.38. The van der Waals surface area contributed by atoms with Crippen LogP contribution in [0.15, 0.2) is 182 Å². The number of hydrogen-bond acceptors (Lipinski definition) is 3. The van der Waals surface area contributed by atoms with Gasteiger partial charge in [0.25, 0.3) is 0 Å². The summed E-state index contributed by atoms with van der Waals surface area (Å²) in [6.45, 7) is 0. The minimum absolute atomic E-state index is 0.915. The van der Waals surface area contributed by atoms with Crippen LogP contribution in [-0.2, 0) is 0 Å². The van der Waals surface area contributed by atoms with Crippen LogP contribution in [0.3, 0.4) is 0 Å². The summed E-state index contributed by atoms with van der Waals surface area (Å²) >= 11 is 0. The van der Waals surface area contributed by atoms with Crippen molar-refractivity contribution in [1.29, 1.82) is 0 Å². The molecule has 4 aromatic heterocycles. The van der Waals surface area contributed by atoms with Gasteiger partial charge in [-0.1, -0.05) is 115 Å². The summed E-state index contributed by atoms with van der Waals surface area (Å²) in [6.07, 6.45) is 3.63. The average molecular weight is 651 g/mol. The highest BCUT2D eigenvalue weighted by atomic mass is 15.0. The van der Waals surface area contributed by atoms with Gasteiger partial charge in [-0.3, -0.25) is 4.98 Å². The Hall–Kier alpha value is -6.91. The largest absolute Gasteiger partial charge is 0.309 e. The zero-order valence-electron chi connectivity index (χ0n) is 27.6. The Morgan fingerprint density at radius 3 is 1.80 bits per heavy atom. The lowest BCUT2D eigenvalue weighted by molar-refractivity contribution is 1.18. The predicted molar refractivity (Wildman–Crippen MR) is 211 cm³/mol. The molecular weight excluding hydrogens is 621 g/mol. The van der Waals surface area contributed by atoms with Gasteiger partial charge in [0.15, 0.2) is 0 Å². The summed E-state index contributed by atoms with van der Waals surface area (Å²) in [5.74, 6) is 0. The Morgan fingerprint density at radius 1 is 0.373 bits per heavy atom. The lowest BCUT2D eigenvalue weighted by atomic mass is 9.95. The second kappa shape index (κ2) is 11.9. The third kappa shape index (κ3) is 4.88. The highest BCUT2D eigenvalue weighted by Gasteiger charge is 2.19. The molecule has 0 saturated carbocycles. The van der Waals surface area contributed by atoms with Gasteiger partial charge >= 0.3 is 0 Å². The number of fused-ring (bicyclic) bond motifs is 7. The zero-order valence-corrected chi connectivity index (χ0v) is 27.6. The normalized spacial score (nSPS) is 11.5. The summed E-state index contributed by atoms with van der Waals surface area (Å²) in [5, 5.41) is 6.04. The van der Waals surface area contributed by atoms with Gasteiger partial charge in [0, 0.05) is 61.7 Å². The van der Waals surface area contributed by atoms with E-state index in [0.29, 0.717) is 0 Å². The number of nitrogens with zero attached hydrogens (tertiary/aromatic N) is 4. The topological polar surface area (TPSA) is 43.6 Å². The molecule has 0 atom stereocenters. The molecule has 0 unspecified atom stereocenters. The van der Waals surface area contributed by atoms with E-state index in [9.17, 15) is 0 Å². The molecule has 0 bridgehead atoms. The van der Waals surface area contributed by atoms with Gasteiger partial charge in [0.2, 0.25) is 0 Å². The Labute approximate surface area is 295 Å². The number of aromatic nitrogens is 4. The third-order valence-electron chi connectivity index (χ3n) is 9.89. The Bertz CT molecular complexity index is 2880. The van der Waals surface area contributed by atoms with Gasteiger partial charge in [-0.05, 0) is 65.7 Å². The van der Waals surface area contributed by atoms with Gasteiger partial charge in [-0.2, -0.15) is 0 Å². The summed E-state index contributed by atoms with van der Waals surface area (Å²) in [5.41, 5.74) is 12.9. The van der Waals surface area contributed by atoms with Crippen LogP contribution < -0.4 is 0 Å². The number of para-hydroxylation sites is 3. The van der Waals surface area contributed by atoms with Crippen molar-refractivity contribution in [1.82, 2.24) is 19.5 Å². The zero-order chi connectivity index (χ0) is 33.7. The maximum absolute atomic E-state index is 5.28. The van der Waals surface area contributed by atoms with E-state index in [4.69, 9.17) is 9.97 Å². The van der Waals surface area contributed by atoms with Crippen LogP contribution in [0.4, 0.5) is 0 Å². The number of rotatable bonds is 5. The van der Waals surface area contributed by atoms with Crippen molar-refractivity contribution in [2.45, 2.75) is 0 Å². The molecule has 4 heteroatoms. The lowest BCUT2D eigenvalue weighted by Crippen LogP contribution is -1.94. The molecule has 10 aromatic rings. The van der Waals surface area contributed by atoms with Gasteiger partial charge in [0.05, 0.1) is 33.6 Å². The molecule has 51 heavy (non-hydrogen) atoms. The minimum atomic E-state index is 0.915. The van der Waals surface area contributed by atoms with E-state index < -0.39 is 0 Å². The molecule has 0 saturated heterocycles. The first-order valence-electron chi connectivity index (χ1n) is 17.2. The van der Waals surface area contributed by atoms with Crippen LogP contribution in [-0.4, -0.2) is 19.5 Å². The Kier molecular flexibility index (Phi) is 6.78. The lowest BCUT2D eigenvalue weighted by Gasteiger charge is -2.13. The molecule has 0 amide bonds. The van der Waals surface area contributed by atoms with Crippen LogP contribution in [0.25, 0.3) is 94.1 Å². The average Bonchev–Trinajstić information content (AvgIpc) is 3.56. The van der Waals surface area contributed by atoms with Gasteiger partial charge in [0.1, 0.15) is 0 Å². The van der Waals surface area contributed by atoms with E-state index in [1.165, 1.54) is 27.2 Å².